The average Bonchev–Trinajstić information content (AvgIpc) is 3.02. The maximum absolute atomic E-state index is 5.99. The van der Waals surface area contributed by atoms with Gasteiger partial charge < -0.3 is 5.32 Å². The fraction of sp³-hybridized carbons (Fsp3) is 0.500. The molecule has 0 amide bonds. The summed E-state index contributed by atoms with van der Waals surface area (Å²) in [7, 11) is 0. The highest BCUT2D eigenvalue weighted by Gasteiger charge is 2.39. The summed E-state index contributed by atoms with van der Waals surface area (Å²) in [5.41, 5.74) is 1.01. The van der Waals surface area contributed by atoms with Crippen LogP contribution in [-0.2, 0) is 0 Å². The largest absolute Gasteiger partial charge is 0.358 e. The average molecular weight is 279 g/mol. The van der Waals surface area contributed by atoms with Gasteiger partial charge in [-0.25, -0.2) is 4.98 Å². The molecule has 1 aromatic carbocycles. The van der Waals surface area contributed by atoms with Crippen LogP contribution in [0.3, 0.4) is 0 Å². The van der Waals surface area contributed by atoms with Gasteiger partial charge in [0.2, 0.25) is 0 Å². The molecule has 2 aromatic rings. The molecule has 4 rings (SSSR count). The second kappa shape index (κ2) is 4.10. The van der Waals surface area contributed by atoms with Crippen LogP contribution in [0.15, 0.2) is 18.2 Å². The van der Waals surface area contributed by atoms with E-state index in [0.717, 1.165) is 27.5 Å². The zero-order valence-electron chi connectivity index (χ0n) is 10.0. The lowest BCUT2D eigenvalue weighted by Crippen LogP contribution is -2.25. The van der Waals surface area contributed by atoms with Gasteiger partial charge in [0.1, 0.15) is 0 Å². The molecule has 3 unspecified atom stereocenters. The van der Waals surface area contributed by atoms with Crippen LogP contribution in [0.4, 0.5) is 5.13 Å². The quantitative estimate of drug-likeness (QED) is 0.872. The van der Waals surface area contributed by atoms with Crippen molar-refractivity contribution < 1.29 is 0 Å². The molecular formula is C14H15ClN2S. The van der Waals surface area contributed by atoms with Crippen LogP contribution in [0.5, 0.6) is 0 Å². The predicted molar refractivity (Wildman–Crippen MR) is 77.5 cm³/mol. The zero-order chi connectivity index (χ0) is 12.1. The Morgan fingerprint density at radius 1 is 1.28 bits per heavy atom. The van der Waals surface area contributed by atoms with E-state index in [4.69, 9.17) is 11.6 Å². The molecule has 2 fully saturated rings. The van der Waals surface area contributed by atoms with E-state index < -0.39 is 0 Å². The third-order valence-corrected chi connectivity index (χ3v) is 5.60. The Hall–Kier alpha value is -0.800. The summed E-state index contributed by atoms with van der Waals surface area (Å²) < 4.78 is 1.21. The molecule has 1 N–H and O–H groups in total. The highest BCUT2D eigenvalue weighted by atomic mass is 35.5. The number of nitrogens with one attached hydrogen (secondary N) is 1. The molecule has 4 heteroatoms. The van der Waals surface area contributed by atoms with Gasteiger partial charge in [-0.2, -0.15) is 0 Å². The first-order valence-electron chi connectivity index (χ1n) is 6.60. The Morgan fingerprint density at radius 2 is 2.22 bits per heavy atom. The van der Waals surface area contributed by atoms with E-state index in [1.54, 1.807) is 11.3 Å². The molecule has 0 aliphatic heterocycles. The summed E-state index contributed by atoms with van der Waals surface area (Å²) in [6.07, 6.45) is 5.60. The lowest BCUT2D eigenvalue weighted by Gasteiger charge is -2.22. The Labute approximate surface area is 115 Å². The van der Waals surface area contributed by atoms with Gasteiger partial charge in [-0.05, 0) is 49.3 Å². The van der Waals surface area contributed by atoms with E-state index in [1.165, 1.54) is 30.4 Å². The predicted octanol–water partition coefficient (Wildman–Crippen LogP) is 4.55. The number of thiazole rings is 1. The standard InChI is InChI=1S/C14H15ClN2S/c15-10-3-4-13-12(7-10)17-14(18-13)16-11-6-8-1-2-9(11)5-8/h3-4,7-9,11H,1-2,5-6H2,(H,16,17). The fourth-order valence-corrected chi connectivity index (χ4v) is 4.62. The third-order valence-electron chi connectivity index (χ3n) is 4.40. The molecule has 0 radical (unpaired) electrons. The van der Waals surface area contributed by atoms with Crippen molar-refractivity contribution in [2.45, 2.75) is 31.7 Å². The molecular weight excluding hydrogens is 264 g/mol. The molecule has 1 heterocycles. The Balaban J connectivity index is 1.59. The zero-order valence-corrected chi connectivity index (χ0v) is 11.6. The van der Waals surface area contributed by atoms with Crippen molar-refractivity contribution in [2.75, 3.05) is 5.32 Å². The molecule has 2 saturated carbocycles. The monoisotopic (exact) mass is 278 g/mol. The number of anilines is 1. The van der Waals surface area contributed by atoms with Gasteiger partial charge >= 0.3 is 0 Å². The molecule has 18 heavy (non-hydrogen) atoms. The lowest BCUT2D eigenvalue weighted by atomic mass is 9.96. The van der Waals surface area contributed by atoms with Crippen molar-refractivity contribution in [1.82, 2.24) is 4.98 Å². The first-order valence-corrected chi connectivity index (χ1v) is 7.80. The minimum atomic E-state index is 0.653. The van der Waals surface area contributed by atoms with Gasteiger partial charge in [-0.3, -0.25) is 0 Å². The number of aromatic nitrogens is 1. The van der Waals surface area contributed by atoms with Crippen LogP contribution in [0.1, 0.15) is 25.7 Å². The van der Waals surface area contributed by atoms with Crippen molar-refractivity contribution in [3.63, 3.8) is 0 Å². The molecule has 0 saturated heterocycles. The summed E-state index contributed by atoms with van der Waals surface area (Å²) in [4.78, 5) is 4.64. The number of benzene rings is 1. The second-order valence-electron chi connectivity index (χ2n) is 5.56. The fourth-order valence-electron chi connectivity index (χ4n) is 3.54. The number of hydrogen-bond donors (Lipinski definition) is 1. The normalized spacial score (nSPS) is 30.2. The van der Waals surface area contributed by atoms with Crippen LogP contribution >= 0.6 is 22.9 Å². The van der Waals surface area contributed by atoms with E-state index in [2.05, 4.69) is 16.4 Å². The first kappa shape index (κ1) is 11.1. The van der Waals surface area contributed by atoms with Gasteiger partial charge in [0.05, 0.1) is 10.2 Å². The topological polar surface area (TPSA) is 24.9 Å². The smallest absolute Gasteiger partial charge is 0.184 e. The van der Waals surface area contributed by atoms with E-state index in [1.807, 2.05) is 12.1 Å². The summed E-state index contributed by atoms with van der Waals surface area (Å²) in [5.74, 6) is 1.85. The van der Waals surface area contributed by atoms with Gasteiger partial charge in [-0.1, -0.05) is 29.4 Å². The number of rotatable bonds is 2. The number of hydrogen-bond acceptors (Lipinski definition) is 3. The van der Waals surface area contributed by atoms with E-state index >= 15 is 0 Å². The summed E-state index contributed by atoms with van der Waals surface area (Å²) in [6.45, 7) is 0. The SMILES string of the molecule is Clc1ccc2sc(NC3CC4CCC3C4)nc2c1. The van der Waals surface area contributed by atoms with Gasteiger partial charge in [0.15, 0.2) is 5.13 Å². The molecule has 94 valence electrons. The molecule has 2 aliphatic rings. The minimum Gasteiger partial charge on any atom is -0.358 e. The van der Waals surface area contributed by atoms with Crippen molar-refractivity contribution in [2.24, 2.45) is 11.8 Å². The van der Waals surface area contributed by atoms with E-state index in [9.17, 15) is 0 Å². The molecule has 0 spiro atoms. The van der Waals surface area contributed by atoms with Crippen LogP contribution < -0.4 is 5.32 Å². The van der Waals surface area contributed by atoms with E-state index in [0.29, 0.717) is 6.04 Å². The minimum absolute atomic E-state index is 0.653. The third kappa shape index (κ3) is 1.81. The molecule has 2 bridgehead atoms. The van der Waals surface area contributed by atoms with Crippen LogP contribution in [0, 0.1) is 11.8 Å². The van der Waals surface area contributed by atoms with Crippen molar-refractivity contribution in [3.05, 3.63) is 23.2 Å². The molecule has 2 aliphatic carbocycles. The van der Waals surface area contributed by atoms with E-state index in [-0.39, 0.29) is 0 Å². The van der Waals surface area contributed by atoms with Crippen molar-refractivity contribution in [1.29, 1.82) is 0 Å². The van der Waals surface area contributed by atoms with Crippen LogP contribution in [0.2, 0.25) is 5.02 Å². The van der Waals surface area contributed by atoms with Gasteiger partial charge in [-0.15, -0.1) is 0 Å². The molecule has 1 aromatic heterocycles. The first-order chi connectivity index (χ1) is 8.78. The number of fused-ring (bicyclic) bond motifs is 3. The van der Waals surface area contributed by atoms with Crippen molar-refractivity contribution in [3.8, 4) is 0 Å². The summed E-state index contributed by atoms with van der Waals surface area (Å²) in [5, 5.41) is 5.47. The van der Waals surface area contributed by atoms with Crippen molar-refractivity contribution >= 4 is 38.3 Å². The lowest BCUT2D eigenvalue weighted by molar-refractivity contribution is 0.439. The highest BCUT2D eigenvalue weighted by molar-refractivity contribution is 7.22. The Kier molecular flexibility index (Phi) is 2.52. The second-order valence-corrected chi connectivity index (χ2v) is 7.02. The van der Waals surface area contributed by atoms with Crippen LogP contribution in [0.25, 0.3) is 10.2 Å². The number of nitrogens with zero attached hydrogens (tertiary/aromatic N) is 1. The Morgan fingerprint density at radius 3 is 3.00 bits per heavy atom. The number of halogens is 1. The molecule has 2 nitrogen and oxygen atoms in total. The maximum Gasteiger partial charge on any atom is 0.184 e. The Bertz CT molecular complexity index is 594. The van der Waals surface area contributed by atoms with Crippen LogP contribution in [-0.4, -0.2) is 11.0 Å². The molecule has 3 atom stereocenters. The maximum atomic E-state index is 5.99. The highest BCUT2D eigenvalue weighted by Crippen LogP contribution is 2.46. The summed E-state index contributed by atoms with van der Waals surface area (Å²) >= 11 is 7.73. The van der Waals surface area contributed by atoms with Gasteiger partial charge in [0.25, 0.3) is 0 Å². The summed E-state index contributed by atoms with van der Waals surface area (Å²) in [6, 6.07) is 6.59. The van der Waals surface area contributed by atoms with Gasteiger partial charge in [0, 0.05) is 11.1 Å².